The van der Waals surface area contributed by atoms with Crippen molar-refractivity contribution in [2.75, 3.05) is 6.54 Å². The number of nitrogens with zero attached hydrogens (tertiary/aromatic N) is 2. The molecule has 152 valence electrons. The van der Waals surface area contributed by atoms with Crippen molar-refractivity contribution < 1.29 is 18.0 Å². The lowest BCUT2D eigenvalue weighted by Crippen LogP contribution is -2.37. The number of aromatic nitrogens is 2. The topological polar surface area (TPSA) is 61.0 Å². The van der Waals surface area contributed by atoms with Crippen molar-refractivity contribution in [3.05, 3.63) is 52.3 Å². The van der Waals surface area contributed by atoms with Gasteiger partial charge >= 0.3 is 6.18 Å². The summed E-state index contributed by atoms with van der Waals surface area (Å²) in [5, 5.41) is 10.4. The third-order valence-electron chi connectivity index (χ3n) is 5.30. The lowest BCUT2D eigenvalue weighted by atomic mass is 10.0. The van der Waals surface area contributed by atoms with Crippen LogP contribution in [0.3, 0.4) is 0 Å². The van der Waals surface area contributed by atoms with E-state index >= 15 is 0 Å². The lowest BCUT2D eigenvalue weighted by Gasteiger charge is -2.30. The summed E-state index contributed by atoms with van der Waals surface area (Å²) in [6.07, 6.45) is -1.90. The van der Waals surface area contributed by atoms with Crippen molar-refractivity contribution in [1.82, 2.24) is 20.4 Å². The first-order chi connectivity index (χ1) is 12.9. The highest BCUT2D eigenvalue weighted by atomic mass is 35.5. The van der Waals surface area contributed by atoms with Gasteiger partial charge < -0.3 is 10.2 Å². The van der Waals surface area contributed by atoms with Crippen molar-refractivity contribution in [2.24, 2.45) is 0 Å². The van der Waals surface area contributed by atoms with Gasteiger partial charge in [-0.05, 0) is 37.5 Å². The zero-order valence-electron chi connectivity index (χ0n) is 15.3. The molecule has 2 heterocycles. The fourth-order valence-electron chi connectivity index (χ4n) is 3.67. The van der Waals surface area contributed by atoms with Crippen LogP contribution in [0.15, 0.2) is 24.3 Å². The summed E-state index contributed by atoms with van der Waals surface area (Å²) in [5.74, 6) is -0.219. The molecule has 1 aromatic heterocycles. The van der Waals surface area contributed by atoms with Gasteiger partial charge in [0, 0.05) is 36.8 Å². The van der Waals surface area contributed by atoms with Crippen molar-refractivity contribution in [1.29, 1.82) is 0 Å². The number of benzene rings is 1. The number of alkyl halides is 3. The Kier molecular flexibility index (Phi) is 5.72. The van der Waals surface area contributed by atoms with Gasteiger partial charge in [-0.25, -0.2) is 0 Å². The van der Waals surface area contributed by atoms with E-state index in [1.165, 1.54) is 6.07 Å². The molecular formula is C19H22ClF3N4O. The summed E-state index contributed by atoms with van der Waals surface area (Å²) in [6.45, 7) is 3.18. The van der Waals surface area contributed by atoms with Crippen molar-refractivity contribution in [2.45, 2.75) is 51.0 Å². The number of H-pyrrole nitrogens is 1. The van der Waals surface area contributed by atoms with E-state index in [0.29, 0.717) is 17.8 Å². The first-order valence-electron chi connectivity index (χ1n) is 9.13. The van der Waals surface area contributed by atoms with E-state index in [0.717, 1.165) is 49.2 Å². The molecule has 1 aliphatic carbocycles. The summed E-state index contributed by atoms with van der Waals surface area (Å²) in [5.41, 5.74) is 1.99. The average molecular weight is 415 g/mol. The summed E-state index contributed by atoms with van der Waals surface area (Å²) < 4.78 is 39.2. The fourth-order valence-corrected chi connectivity index (χ4v) is 3.67. The lowest BCUT2D eigenvalue weighted by molar-refractivity contribution is -0.137. The predicted octanol–water partition coefficient (Wildman–Crippen LogP) is 3.86. The molecule has 28 heavy (non-hydrogen) atoms. The van der Waals surface area contributed by atoms with Crippen molar-refractivity contribution in [3.63, 3.8) is 0 Å². The number of carbonyl (C=O) groups is 1. The maximum atomic E-state index is 13.2. The normalized spacial score (nSPS) is 17.4. The van der Waals surface area contributed by atoms with E-state index in [2.05, 4.69) is 15.5 Å². The number of carbonyl (C=O) groups excluding carboxylic acids is 1. The zero-order valence-corrected chi connectivity index (χ0v) is 16.2. The molecule has 1 amide bonds. The summed E-state index contributed by atoms with van der Waals surface area (Å²) in [4.78, 5) is 14.9. The summed E-state index contributed by atoms with van der Waals surface area (Å²) in [6, 6.07) is 4.81. The molecule has 0 spiro atoms. The smallest absolute Gasteiger partial charge is 0.327 e. The molecule has 1 saturated carbocycles. The fraction of sp³-hybridized carbons (Fsp3) is 0.474. The Balaban J connectivity index is 0.00000225. The highest BCUT2D eigenvalue weighted by Gasteiger charge is 2.39. The largest absolute Gasteiger partial charge is 0.416 e. The van der Waals surface area contributed by atoms with Gasteiger partial charge in [0.2, 0.25) is 0 Å². The van der Waals surface area contributed by atoms with E-state index < -0.39 is 17.8 Å². The second-order valence-electron chi connectivity index (χ2n) is 7.20. The van der Waals surface area contributed by atoms with Gasteiger partial charge in [-0.15, -0.1) is 12.4 Å². The number of hydrogen-bond acceptors (Lipinski definition) is 3. The minimum Gasteiger partial charge on any atom is -0.327 e. The molecule has 0 saturated heterocycles. The van der Waals surface area contributed by atoms with Crippen LogP contribution in [0.2, 0.25) is 0 Å². The molecule has 1 atom stereocenters. The maximum absolute atomic E-state index is 13.2. The monoisotopic (exact) mass is 414 g/mol. The number of aromatic amines is 1. The van der Waals surface area contributed by atoms with Crippen LogP contribution in [0.1, 0.15) is 58.7 Å². The van der Waals surface area contributed by atoms with Gasteiger partial charge in [0.25, 0.3) is 5.91 Å². The molecule has 4 rings (SSSR count). The highest BCUT2D eigenvalue weighted by Crippen LogP contribution is 2.38. The number of fused-ring (bicyclic) bond motifs is 1. The molecule has 0 radical (unpaired) electrons. The number of hydrogen-bond donors (Lipinski definition) is 2. The Morgan fingerprint density at radius 2 is 2.07 bits per heavy atom. The molecule has 1 aliphatic heterocycles. The van der Waals surface area contributed by atoms with Gasteiger partial charge in [-0.2, -0.15) is 18.3 Å². The van der Waals surface area contributed by atoms with Crippen LogP contribution < -0.4 is 5.32 Å². The molecule has 2 aliphatic rings. The second-order valence-corrected chi connectivity index (χ2v) is 7.20. The van der Waals surface area contributed by atoms with Crippen LogP contribution in [0.4, 0.5) is 13.2 Å². The molecule has 2 N–H and O–H groups in total. The summed E-state index contributed by atoms with van der Waals surface area (Å²) in [7, 11) is 0. The Bertz CT molecular complexity index is 863. The van der Waals surface area contributed by atoms with Crippen molar-refractivity contribution in [3.8, 4) is 0 Å². The van der Waals surface area contributed by atoms with Crippen molar-refractivity contribution >= 4 is 18.3 Å². The Morgan fingerprint density at radius 3 is 2.75 bits per heavy atom. The van der Waals surface area contributed by atoms with Gasteiger partial charge in [0.15, 0.2) is 5.69 Å². The number of rotatable bonds is 4. The number of amides is 1. The Morgan fingerprint density at radius 1 is 1.32 bits per heavy atom. The van der Waals surface area contributed by atoms with Gasteiger partial charge in [0.05, 0.1) is 11.6 Å². The minimum absolute atomic E-state index is 0. The number of nitrogens with one attached hydrogen (secondary N) is 2. The molecule has 1 unspecified atom stereocenters. The minimum atomic E-state index is -4.41. The van der Waals surface area contributed by atoms with Crippen LogP contribution in [0.5, 0.6) is 0 Å². The van der Waals surface area contributed by atoms with E-state index in [1.807, 2.05) is 0 Å². The molecular weight excluding hydrogens is 393 g/mol. The van der Waals surface area contributed by atoms with E-state index in [1.54, 1.807) is 17.9 Å². The van der Waals surface area contributed by atoms with Gasteiger partial charge in [0.1, 0.15) is 0 Å². The van der Waals surface area contributed by atoms with Crippen LogP contribution >= 0.6 is 12.4 Å². The van der Waals surface area contributed by atoms with E-state index in [9.17, 15) is 18.0 Å². The third-order valence-corrected chi connectivity index (χ3v) is 5.30. The van der Waals surface area contributed by atoms with E-state index in [-0.39, 0.29) is 24.4 Å². The van der Waals surface area contributed by atoms with Crippen LogP contribution in [0, 0.1) is 0 Å². The average Bonchev–Trinajstić information content (AvgIpc) is 3.38. The first kappa shape index (κ1) is 20.7. The molecule has 5 nitrogen and oxygen atoms in total. The zero-order chi connectivity index (χ0) is 19.2. The third kappa shape index (κ3) is 3.89. The SMILES string of the molecule is CC(c1cccc(C(F)(F)F)c1)N(C(=O)c1n[nH]c2c1CNCC2)C1CC1.Cl. The van der Waals surface area contributed by atoms with Crippen LogP contribution in [0.25, 0.3) is 0 Å². The quantitative estimate of drug-likeness (QED) is 0.798. The Hall–Kier alpha value is -2.06. The molecule has 2 aromatic rings. The van der Waals surface area contributed by atoms with Gasteiger partial charge in [-0.1, -0.05) is 12.1 Å². The first-order valence-corrected chi connectivity index (χ1v) is 9.13. The molecule has 1 aromatic carbocycles. The molecule has 0 bridgehead atoms. The van der Waals surface area contributed by atoms with Gasteiger partial charge in [-0.3, -0.25) is 9.89 Å². The maximum Gasteiger partial charge on any atom is 0.416 e. The molecule has 9 heteroatoms. The van der Waals surface area contributed by atoms with Crippen LogP contribution in [-0.2, 0) is 19.1 Å². The second kappa shape index (κ2) is 7.75. The predicted molar refractivity (Wildman–Crippen MR) is 100 cm³/mol. The Labute approximate surface area is 167 Å². The summed E-state index contributed by atoms with van der Waals surface area (Å²) >= 11 is 0. The van der Waals surface area contributed by atoms with E-state index in [4.69, 9.17) is 0 Å². The number of halogens is 4. The highest BCUT2D eigenvalue weighted by molar-refractivity contribution is 5.94. The standard InChI is InChI=1S/C19H21F3N4O.ClH/c1-11(12-3-2-4-13(9-12)19(20,21)22)26(14-5-6-14)18(27)17-15-10-23-8-7-16(15)24-25-17;/h2-4,9,11,14,23H,5-8,10H2,1H3,(H,24,25);1H. The molecule has 1 fully saturated rings. The van der Waals surface area contributed by atoms with Crippen LogP contribution in [-0.4, -0.2) is 33.6 Å².